The number of guanidine groups is 1. The molecule has 2 heterocycles. The van der Waals surface area contributed by atoms with Crippen LogP contribution < -0.4 is 10.6 Å². The average Bonchev–Trinajstić information content (AvgIpc) is 3.51. The Labute approximate surface area is 217 Å². The number of carbonyl (C=O) groups excluding carboxylic acids is 1. The van der Waals surface area contributed by atoms with Crippen LogP contribution in [0, 0.1) is 5.92 Å². The molecule has 1 unspecified atom stereocenters. The summed E-state index contributed by atoms with van der Waals surface area (Å²) in [6.45, 7) is 8.72. The first-order chi connectivity index (χ1) is 15.7. The van der Waals surface area contributed by atoms with Crippen LogP contribution in [0.3, 0.4) is 0 Å². The lowest BCUT2D eigenvalue weighted by Crippen LogP contribution is -2.45. The third-order valence-corrected chi connectivity index (χ3v) is 7.26. The Hall–Kier alpha value is -1.35. The van der Waals surface area contributed by atoms with E-state index in [0.29, 0.717) is 12.5 Å². The predicted molar refractivity (Wildman–Crippen MR) is 146 cm³/mol. The Kier molecular flexibility index (Phi) is 10.8. The van der Waals surface area contributed by atoms with Crippen LogP contribution in [0.4, 0.5) is 0 Å². The number of piperidine rings is 1. The first-order valence-corrected chi connectivity index (χ1v) is 12.9. The number of amides is 1. The maximum atomic E-state index is 12.8. The molecule has 3 aliphatic rings. The van der Waals surface area contributed by atoms with Gasteiger partial charge in [0.15, 0.2) is 5.96 Å². The van der Waals surface area contributed by atoms with E-state index in [1.165, 1.54) is 56.3 Å². The SMILES string of the molecule is CCNC(=NCc1ccccc1CN1CCCCC1)NC1CCN(C(=O)C2CCCC2)C1.I. The molecule has 0 radical (unpaired) electrons. The highest BCUT2D eigenvalue weighted by Gasteiger charge is 2.32. The second-order valence-electron chi connectivity index (χ2n) is 9.70. The average molecular weight is 568 g/mol. The smallest absolute Gasteiger partial charge is 0.225 e. The fourth-order valence-corrected chi connectivity index (χ4v) is 5.41. The number of nitrogens with zero attached hydrogens (tertiary/aromatic N) is 3. The monoisotopic (exact) mass is 567 g/mol. The van der Waals surface area contributed by atoms with Crippen molar-refractivity contribution in [3.63, 3.8) is 0 Å². The van der Waals surface area contributed by atoms with Crippen molar-refractivity contribution in [2.75, 3.05) is 32.7 Å². The first kappa shape index (κ1) is 26.3. The summed E-state index contributed by atoms with van der Waals surface area (Å²) in [4.78, 5) is 22.3. The molecular formula is C26H42IN5O. The van der Waals surface area contributed by atoms with E-state index in [-0.39, 0.29) is 35.9 Å². The van der Waals surface area contributed by atoms with Gasteiger partial charge in [-0.25, -0.2) is 4.99 Å². The van der Waals surface area contributed by atoms with Crippen LogP contribution >= 0.6 is 24.0 Å². The zero-order valence-corrected chi connectivity index (χ0v) is 22.6. The third-order valence-electron chi connectivity index (χ3n) is 7.26. The van der Waals surface area contributed by atoms with Gasteiger partial charge in [-0.05, 0) is 63.2 Å². The number of hydrogen-bond acceptors (Lipinski definition) is 3. The number of nitrogens with one attached hydrogen (secondary N) is 2. The molecule has 2 saturated heterocycles. The van der Waals surface area contributed by atoms with Gasteiger partial charge < -0.3 is 15.5 Å². The van der Waals surface area contributed by atoms with Crippen LogP contribution in [0.5, 0.6) is 0 Å². The van der Waals surface area contributed by atoms with Crippen molar-refractivity contribution in [2.24, 2.45) is 10.9 Å². The first-order valence-electron chi connectivity index (χ1n) is 12.9. The predicted octanol–water partition coefficient (Wildman–Crippen LogP) is 4.14. The van der Waals surface area contributed by atoms with E-state index in [9.17, 15) is 4.79 Å². The van der Waals surface area contributed by atoms with Crippen LogP contribution in [0.1, 0.15) is 69.4 Å². The van der Waals surface area contributed by atoms with E-state index in [0.717, 1.165) is 51.4 Å². The minimum Gasteiger partial charge on any atom is -0.357 e. The van der Waals surface area contributed by atoms with Crippen LogP contribution in [-0.4, -0.2) is 60.4 Å². The van der Waals surface area contributed by atoms with E-state index in [4.69, 9.17) is 4.99 Å². The minimum absolute atomic E-state index is 0. The highest BCUT2D eigenvalue weighted by molar-refractivity contribution is 14.0. The maximum Gasteiger partial charge on any atom is 0.225 e. The normalized spacial score (nSPS) is 22.3. The number of benzene rings is 1. The Bertz CT molecular complexity index is 774. The highest BCUT2D eigenvalue weighted by Crippen LogP contribution is 2.28. The second kappa shape index (κ2) is 13.5. The lowest BCUT2D eigenvalue weighted by Gasteiger charge is -2.27. The summed E-state index contributed by atoms with van der Waals surface area (Å²) in [6.07, 6.45) is 9.57. The largest absolute Gasteiger partial charge is 0.357 e. The Morgan fingerprint density at radius 3 is 2.45 bits per heavy atom. The molecule has 1 atom stereocenters. The van der Waals surface area contributed by atoms with Gasteiger partial charge in [0.05, 0.1) is 6.54 Å². The molecule has 33 heavy (non-hydrogen) atoms. The van der Waals surface area contributed by atoms with Crippen molar-refractivity contribution in [1.29, 1.82) is 0 Å². The molecule has 0 aromatic heterocycles. The zero-order valence-electron chi connectivity index (χ0n) is 20.2. The van der Waals surface area contributed by atoms with Gasteiger partial charge in [0.2, 0.25) is 5.91 Å². The molecule has 184 valence electrons. The van der Waals surface area contributed by atoms with Gasteiger partial charge >= 0.3 is 0 Å². The molecule has 1 amide bonds. The Morgan fingerprint density at radius 2 is 1.73 bits per heavy atom. The molecular weight excluding hydrogens is 525 g/mol. The molecule has 2 N–H and O–H groups in total. The summed E-state index contributed by atoms with van der Waals surface area (Å²) in [5, 5.41) is 7.00. The van der Waals surface area contributed by atoms with Crippen LogP contribution in [0.2, 0.25) is 0 Å². The Balaban J connectivity index is 0.00000306. The van der Waals surface area contributed by atoms with Gasteiger partial charge in [0.25, 0.3) is 0 Å². The summed E-state index contributed by atoms with van der Waals surface area (Å²) in [6, 6.07) is 9.01. The summed E-state index contributed by atoms with van der Waals surface area (Å²) in [5.74, 6) is 1.51. The molecule has 1 aromatic carbocycles. The number of aliphatic imine (C=N–C) groups is 1. The van der Waals surface area contributed by atoms with E-state index in [2.05, 4.69) is 51.6 Å². The van der Waals surface area contributed by atoms with E-state index < -0.39 is 0 Å². The summed E-state index contributed by atoms with van der Waals surface area (Å²) in [7, 11) is 0. The van der Waals surface area contributed by atoms with E-state index >= 15 is 0 Å². The quantitative estimate of drug-likeness (QED) is 0.296. The molecule has 0 bridgehead atoms. The van der Waals surface area contributed by atoms with Crippen molar-refractivity contribution < 1.29 is 4.79 Å². The van der Waals surface area contributed by atoms with Crippen molar-refractivity contribution in [2.45, 2.75) is 77.4 Å². The maximum absolute atomic E-state index is 12.8. The fourth-order valence-electron chi connectivity index (χ4n) is 5.41. The summed E-state index contributed by atoms with van der Waals surface area (Å²) < 4.78 is 0. The summed E-state index contributed by atoms with van der Waals surface area (Å²) in [5.41, 5.74) is 2.70. The van der Waals surface area contributed by atoms with E-state index in [1.54, 1.807) is 0 Å². The fraction of sp³-hybridized carbons (Fsp3) is 0.692. The molecule has 1 aromatic rings. The van der Waals surface area contributed by atoms with Crippen molar-refractivity contribution >= 4 is 35.8 Å². The second-order valence-corrected chi connectivity index (χ2v) is 9.70. The van der Waals surface area contributed by atoms with Gasteiger partial charge in [0, 0.05) is 38.1 Å². The zero-order chi connectivity index (χ0) is 22.2. The highest BCUT2D eigenvalue weighted by atomic mass is 127. The topological polar surface area (TPSA) is 60.0 Å². The van der Waals surface area contributed by atoms with Gasteiger partial charge in [-0.3, -0.25) is 9.69 Å². The van der Waals surface area contributed by atoms with Gasteiger partial charge in [0.1, 0.15) is 0 Å². The number of halogens is 1. The minimum atomic E-state index is 0. The standard InChI is InChI=1S/C26H41N5O.HI/c1-2-27-26(29-24-14-17-31(20-24)25(32)21-10-4-5-11-21)28-18-22-12-6-7-13-23(22)19-30-15-8-3-9-16-30;/h6-7,12-13,21,24H,2-5,8-11,14-20H2,1H3,(H2,27,28,29);1H. The lowest BCUT2D eigenvalue weighted by molar-refractivity contribution is -0.134. The van der Waals surface area contributed by atoms with Gasteiger partial charge in [-0.1, -0.05) is 43.5 Å². The molecule has 6 nitrogen and oxygen atoms in total. The number of hydrogen-bond donors (Lipinski definition) is 2. The van der Waals surface area contributed by atoms with Crippen LogP contribution in [0.25, 0.3) is 0 Å². The number of carbonyl (C=O) groups is 1. The summed E-state index contributed by atoms with van der Waals surface area (Å²) >= 11 is 0. The molecule has 1 aliphatic carbocycles. The van der Waals surface area contributed by atoms with Crippen LogP contribution in [0.15, 0.2) is 29.3 Å². The molecule has 1 saturated carbocycles. The number of likely N-dealkylation sites (tertiary alicyclic amines) is 2. The van der Waals surface area contributed by atoms with Crippen LogP contribution in [-0.2, 0) is 17.9 Å². The van der Waals surface area contributed by atoms with Crippen molar-refractivity contribution in [3.05, 3.63) is 35.4 Å². The van der Waals surface area contributed by atoms with Crippen molar-refractivity contribution in [3.8, 4) is 0 Å². The van der Waals surface area contributed by atoms with Gasteiger partial charge in [-0.15, -0.1) is 24.0 Å². The lowest BCUT2D eigenvalue weighted by atomic mass is 10.1. The molecule has 4 rings (SSSR count). The number of rotatable bonds is 7. The van der Waals surface area contributed by atoms with E-state index in [1.807, 2.05) is 0 Å². The van der Waals surface area contributed by atoms with Gasteiger partial charge in [-0.2, -0.15) is 0 Å². The molecule has 3 fully saturated rings. The molecule has 0 spiro atoms. The molecule has 2 aliphatic heterocycles. The third kappa shape index (κ3) is 7.57. The molecule has 7 heteroatoms. The Morgan fingerprint density at radius 1 is 1.00 bits per heavy atom. The van der Waals surface area contributed by atoms with Crippen molar-refractivity contribution in [1.82, 2.24) is 20.4 Å².